The molecule has 0 unspecified atom stereocenters. The number of benzene rings is 1. The van der Waals surface area contributed by atoms with Gasteiger partial charge in [-0.2, -0.15) is 0 Å². The minimum Gasteiger partial charge on any atom is -0.414 e. The summed E-state index contributed by atoms with van der Waals surface area (Å²) in [6.07, 6.45) is 8.19. The van der Waals surface area contributed by atoms with E-state index in [1.165, 1.54) is 32.2 Å². The highest BCUT2D eigenvalue weighted by Crippen LogP contribution is 2.49. The number of rotatable bonds is 4. The van der Waals surface area contributed by atoms with Crippen molar-refractivity contribution in [2.45, 2.75) is 36.1 Å². The normalized spacial score (nSPS) is 21.1. The zero-order valence-electron chi connectivity index (χ0n) is 19.3. The van der Waals surface area contributed by atoms with Gasteiger partial charge < -0.3 is 15.5 Å². The fourth-order valence-corrected chi connectivity index (χ4v) is 5.77. The number of allylic oxidation sites excluding steroid dienone is 5. The van der Waals surface area contributed by atoms with Gasteiger partial charge in [0.25, 0.3) is 5.89 Å². The predicted octanol–water partition coefficient (Wildman–Crippen LogP) is 3.80. The van der Waals surface area contributed by atoms with Crippen LogP contribution in [0.3, 0.4) is 0 Å². The molecule has 2 aliphatic rings. The number of anilines is 1. The Kier molecular flexibility index (Phi) is 5.32. The number of nitrogens with one attached hydrogen (secondary N) is 1. The second-order valence-electron chi connectivity index (χ2n) is 8.83. The number of fused-ring (bicyclic) bond motifs is 1. The highest BCUT2D eigenvalue weighted by atomic mass is 32.2. The smallest absolute Gasteiger partial charge is 0.270 e. The van der Waals surface area contributed by atoms with Gasteiger partial charge in [-0.1, -0.05) is 18.2 Å². The first kappa shape index (κ1) is 22.9. The lowest BCUT2D eigenvalue weighted by Gasteiger charge is -2.19. The molecule has 11 heteroatoms. The van der Waals surface area contributed by atoms with E-state index >= 15 is 4.39 Å². The van der Waals surface area contributed by atoms with E-state index in [0.29, 0.717) is 23.6 Å². The molecule has 35 heavy (non-hydrogen) atoms. The summed E-state index contributed by atoms with van der Waals surface area (Å²) >= 11 is 0. The zero-order chi connectivity index (χ0) is 25.0. The third-order valence-electron chi connectivity index (χ3n) is 6.21. The molecule has 1 aliphatic carbocycles. The molecule has 0 fully saturated rings. The van der Waals surface area contributed by atoms with Gasteiger partial charge in [0.1, 0.15) is 10.9 Å². The van der Waals surface area contributed by atoms with Gasteiger partial charge >= 0.3 is 0 Å². The molecule has 0 bridgehead atoms. The lowest BCUT2D eigenvalue weighted by molar-refractivity contribution is 0.284. The van der Waals surface area contributed by atoms with E-state index in [2.05, 4.69) is 25.5 Å². The molecule has 3 N–H and O–H groups in total. The van der Waals surface area contributed by atoms with Crippen molar-refractivity contribution in [3.8, 4) is 22.8 Å². The molecule has 0 saturated heterocycles. The average Bonchev–Trinajstić information content (AvgIpc) is 3.38. The van der Waals surface area contributed by atoms with E-state index in [0.717, 1.165) is 11.1 Å². The minimum atomic E-state index is -3.79. The summed E-state index contributed by atoms with van der Waals surface area (Å²) < 4.78 is 44.7. The van der Waals surface area contributed by atoms with Crippen LogP contribution in [0.25, 0.3) is 28.4 Å². The van der Waals surface area contributed by atoms with Crippen LogP contribution < -0.4 is 11.1 Å². The molecule has 0 saturated carbocycles. The summed E-state index contributed by atoms with van der Waals surface area (Å²) in [5.41, 5.74) is 9.07. The SMILES string of the molecule is CNC=C1C=CC(c2nnc(-c3nc(-c4ccc5c(c4)[C@H](F)C(C)(C)S5(=O)=O)cnc3N)o2)=CC1. The number of hydrogen-bond acceptors (Lipinski definition) is 9. The van der Waals surface area contributed by atoms with E-state index in [-0.39, 0.29) is 27.9 Å². The number of nitrogens with zero attached hydrogens (tertiary/aromatic N) is 4. The molecule has 1 atom stereocenters. The van der Waals surface area contributed by atoms with Crippen LogP contribution in [0.2, 0.25) is 0 Å². The molecular formula is C24H23FN6O3S. The van der Waals surface area contributed by atoms with Crippen LogP contribution in [-0.4, -0.2) is 40.4 Å². The van der Waals surface area contributed by atoms with Crippen LogP contribution in [0.1, 0.15) is 37.9 Å². The van der Waals surface area contributed by atoms with Crippen LogP contribution in [0, 0.1) is 0 Å². The summed E-state index contributed by atoms with van der Waals surface area (Å²) in [6, 6.07) is 4.47. The molecule has 180 valence electrons. The summed E-state index contributed by atoms with van der Waals surface area (Å²) in [7, 11) is -1.95. The second kappa shape index (κ2) is 8.12. The summed E-state index contributed by atoms with van der Waals surface area (Å²) in [5, 5.41) is 11.2. The third kappa shape index (κ3) is 3.63. The van der Waals surface area contributed by atoms with Crippen molar-refractivity contribution < 1.29 is 17.2 Å². The van der Waals surface area contributed by atoms with E-state index in [1.807, 2.05) is 31.5 Å². The van der Waals surface area contributed by atoms with Crippen molar-refractivity contribution in [1.29, 1.82) is 0 Å². The van der Waals surface area contributed by atoms with Gasteiger partial charge in [-0.05, 0) is 50.3 Å². The Morgan fingerprint density at radius 1 is 1.23 bits per heavy atom. The van der Waals surface area contributed by atoms with Crippen molar-refractivity contribution in [3.05, 3.63) is 65.9 Å². The van der Waals surface area contributed by atoms with Gasteiger partial charge in [0.05, 0.1) is 16.8 Å². The third-order valence-corrected chi connectivity index (χ3v) is 8.75. The molecule has 5 rings (SSSR count). The number of alkyl halides is 1. The molecule has 1 aromatic carbocycles. The first-order chi connectivity index (χ1) is 16.6. The number of nitrogens with two attached hydrogens (primary N) is 1. The highest BCUT2D eigenvalue weighted by molar-refractivity contribution is 7.93. The molecule has 9 nitrogen and oxygen atoms in total. The maximum absolute atomic E-state index is 15.1. The Bertz CT molecular complexity index is 1540. The van der Waals surface area contributed by atoms with Gasteiger partial charge in [-0.3, -0.25) is 0 Å². The van der Waals surface area contributed by atoms with Gasteiger partial charge in [-0.15, -0.1) is 10.2 Å². The van der Waals surface area contributed by atoms with Crippen LogP contribution in [0.15, 0.2) is 63.7 Å². The quantitative estimate of drug-likeness (QED) is 0.555. The molecule has 0 spiro atoms. The summed E-state index contributed by atoms with van der Waals surface area (Å²) in [6.45, 7) is 2.77. The highest BCUT2D eigenvalue weighted by Gasteiger charge is 2.52. The molecule has 0 radical (unpaired) electrons. The average molecular weight is 495 g/mol. The van der Waals surface area contributed by atoms with Crippen LogP contribution >= 0.6 is 0 Å². The summed E-state index contributed by atoms with van der Waals surface area (Å²) in [4.78, 5) is 8.70. The van der Waals surface area contributed by atoms with Gasteiger partial charge in [0, 0.05) is 23.7 Å². The molecule has 3 aromatic rings. The monoisotopic (exact) mass is 494 g/mol. The number of aromatic nitrogens is 4. The van der Waals surface area contributed by atoms with E-state index in [1.54, 1.807) is 6.07 Å². The van der Waals surface area contributed by atoms with Crippen molar-refractivity contribution in [3.63, 3.8) is 0 Å². The Balaban J connectivity index is 1.49. The minimum absolute atomic E-state index is 0.00884. The van der Waals surface area contributed by atoms with Crippen molar-refractivity contribution in [1.82, 2.24) is 25.5 Å². The molecule has 0 amide bonds. The van der Waals surface area contributed by atoms with E-state index < -0.39 is 20.8 Å². The van der Waals surface area contributed by atoms with Gasteiger partial charge in [0.2, 0.25) is 5.89 Å². The Hall–Kier alpha value is -3.86. The molecular weight excluding hydrogens is 471 g/mol. The fraction of sp³-hybridized carbons (Fsp3) is 0.250. The van der Waals surface area contributed by atoms with Gasteiger partial charge in [0.15, 0.2) is 21.3 Å². The van der Waals surface area contributed by atoms with Crippen LogP contribution in [0.5, 0.6) is 0 Å². The van der Waals surface area contributed by atoms with Crippen molar-refractivity contribution >= 4 is 21.2 Å². The number of halogens is 1. The Labute approximate surface area is 201 Å². The second-order valence-corrected chi connectivity index (χ2v) is 11.3. The Morgan fingerprint density at radius 3 is 2.71 bits per heavy atom. The topological polar surface area (TPSA) is 137 Å². The molecule has 3 heterocycles. The largest absolute Gasteiger partial charge is 0.414 e. The molecule has 2 aromatic heterocycles. The maximum Gasteiger partial charge on any atom is 0.270 e. The number of nitrogen functional groups attached to an aromatic ring is 1. The lowest BCUT2D eigenvalue weighted by Crippen LogP contribution is -2.30. The Morgan fingerprint density at radius 2 is 2.00 bits per heavy atom. The summed E-state index contributed by atoms with van der Waals surface area (Å²) in [5.74, 6) is 0.493. The molecule has 1 aliphatic heterocycles. The standard InChI is InChI=1S/C24H23FN6O3S/c1-24(2)20(25)16-10-15(8-9-18(16)35(24,32)33)17-12-28-21(26)19(29-17)23-31-30-22(34-23)14-6-4-13(5-7-14)11-27-3/h4,6-12,20,27H,5H2,1-3H3,(H2,26,28)/t20-/m0/s1. The van der Waals surface area contributed by atoms with Crippen LogP contribution in [0.4, 0.5) is 10.2 Å². The fourth-order valence-electron chi connectivity index (χ4n) is 4.09. The predicted molar refractivity (Wildman–Crippen MR) is 129 cm³/mol. The first-order valence-corrected chi connectivity index (χ1v) is 12.4. The zero-order valence-corrected chi connectivity index (χ0v) is 20.1. The first-order valence-electron chi connectivity index (χ1n) is 10.9. The number of hydrogen-bond donors (Lipinski definition) is 2. The maximum atomic E-state index is 15.1. The van der Waals surface area contributed by atoms with Crippen molar-refractivity contribution in [2.24, 2.45) is 0 Å². The van der Waals surface area contributed by atoms with E-state index in [9.17, 15) is 8.42 Å². The lowest BCUT2D eigenvalue weighted by atomic mass is 9.98. The van der Waals surface area contributed by atoms with Gasteiger partial charge in [-0.25, -0.2) is 22.8 Å². The van der Waals surface area contributed by atoms with E-state index in [4.69, 9.17) is 10.2 Å². The van der Waals surface area contributed by atoms with Crippen molar-refractivity contribution in [2.75, 3.05) is 12.8 Å². The number of sulfone groups is 1. The van der Waals surface area contributed by atoms with Crippen LogP contribution in [-0.2, 0) is 9.84 Å².